The standard InChI is InChI=1S/C18H22N4O3/c19-9-11-1-3-12(4-2-11)10-22-6-5-15(18(22)25)21-17(24)7-13-14(20)8-16(13)23/h1-4,13-16,23H,5-8,10,20H2,(H,21,24)/t13-,14+,15?,16-/m0/s1. The van der Waals surface area contributed by atoms with E-state index in [-0.39, 0.29) is 30.2 Å². The Morgan fingerprint density at radius 2 is 2.12 bits per heavy atom. The zero-order valence-electron chi connectivity index (χ0n) is 13.9. The molecular weight excluding hydrogens is 320 g/mol. The van der Waals surface area contributed by atoms with Gasteiger partial charge in [-0.15, -0.1) is 0 Å². The Kier molecular flexibility index (Phi) is 5.02. The van der Waals surface area contributed by atoms with Crippen molar-refractivity contribution in [3.05, 3.63) is 35.4 Å². The van der Waals surface area contributed by atoms with Crippen LogP contribution in [0.25, 0.3) is 0 Å². The molecule has 7 heteroatoms. The summed E-state index contributed by atoms with van der Waals surface area (Å²) in [5.41, 5.74) is 7.32. The van der Waals surface area contributed by atoms with Gasteiger partial charge in [0.2, 0.25) is 11.8 Å². The molecule has 1 aromatic carbocycles. The molecule has 1 aromatic rings. The van der Waals surface area contributed by atoms with Crippen molar-refractivity contribution in [3.63, 3.8) is 0 Å². The van der Waals surface area contributed by atoms with Crippen molar-refractivity contribution < 1.29 is 14.7 Å². The molecule has 4 N–H and O–H groups in total. The van der Waals surface area contributed by atoms with Crippen LogP contribution >= 0.6 is 0 Å². The summed E-state index contributed by atoms with van der Waals surface area (Å²) in [7, 11) is 0. The molecule has 2 amide bonds. The fraction of sp³-hybridized carbons (Fsp3) is 0.500. The molecule has 4 atom stereocenters. The number of benzene rings is 1. The molecule has 1 aliphatic heterocycles. The minimum Gasteiger partial charge on any atom is -0.393 e. The number of carbonyl (C=O) groups excluding carboxylic acids is 2. The molecule has 1 saturated heterocycles. The summed E-state index contributed by atoms with van der Waals surface area (Å²) in [6.45, 7) is 1.04. The summed E-state index contributed by atoms with van der Waals surface area (Å²) >= 11 is 0. The first-order chi connectivity index (χ1) is 12.0. The lowest BCUT2D eigenvalue weighted by molar-refractivity contribution is -0.134. The van der Waals surface area contributed by atoms with Crippen LogP contribution in [0.5, 0.6) is 0 Å². The second-order valence-electron chi connectivity index (χ2n) is 6.81. The summed E-state index contributed by atoms with van der Waals surface area (Å²) in [5.74, 6) is -0.555. The van der Waals surface area contributed by atoms with E-state index in [9.17, 15) is 14.7 Å². The topological polar surface area (TPSA) is 119 Å². The summed E-state index contributed by atoms with van der Waals surface area (Å²) in [4.78, 5) is 26.3. The zero-order chi connectivity index (χ0) is 18.0. The first-order valence-electron chi connectivity index (χ1n) is 8.48. The maximum absolute atomic E-state index is 12.5. The van der Waals surface area contributed by atoms with Gasteiger partial charge in [0.05, 0.1) is 17.7 Å². The number of aliphatic hydroxyl groups is 1. The Hall–Kier alpha value is -2.43. The van der Waals surface area contributed by atoms with Gasteiger partial charge in [-0.25, -0.2) is 0 Å². The number of hydrogen-bond donors (Lipinski definition) is 3. The van der Waals surface area contributed by atoms with Gasteiger partial charge in [0.15, 0.2) is 0 Å². The second kappa shape index (κ2) is 7.21. The number of hydrogen-bond acceptors (Lipinski definition) is 5. The highest BCUT2D eigenvalue weighted by molar-refractivity contribution is 5.89. The molecule has 1 saturated carbocycles. The van der Waals surface area contributed by atoms with Gasteiger partial charge in [0.1, 0.15) is 6.04 Å². The molecular formula is C18H22N4O3. The maximum Gasteiger partial charge on any atom is 0.245 e. The molecule has 0 bridgehead atoms. The number of nitrogens with two attached hydrogens (primary N) is 1. The van der Waals surface area contributed by atoms with Crippen LogP contribution in [-0.2, 0) is 16.1 Å². The average Bonchev–Trinajstić information content (AvgIpc) is 2.94. The molecule has 25 heavy (non-hydrogen) atoms. The predicted molar refractivity (Wildman–Crippen MR) is 89.8 cm³/mol. The summed E-state index contributed by atoms with van der Waals surface area (Å²) in [6, 6.07) is 8.51. The van der Waals surface area contributed by atoms with E-state index in [4.69, 9.17) is 11.0 Å². The Bertz CT molecular complexity index is 689. The van der Waals surface area contributed by atoms with Gasteiger partial charge >= 0.3 is 0 Å². The molecule has 132 valence electrons. The van der Waals surface area contributed by atoms with Crippen LogP contribution in [0.3, 0.4) is 0 Å². The lowest BCUT2D eigenvalue weighted by atomic mass is 9.75. The molecule has 0 spiro atoms. The van der Waals surface area contributed by atoms with Gasteiger partial charge in [-0.3, -0.25) is 9.59 Å². The molecule has 2 fully saturated rings. The highest BCUT2D eigenvalue weighted by atomic mass is 16.3. The zero-order valence-corrected chi connectivity index (χ0v) is 13.9. The molecule has 1 heterocycles. The van der Waals surface area contributed by atoms with E-state index in [1.54, 1.807) is 17.0 Å². The van der Waals surface area contributed by atoms with Crippen LogP contribution in [0, 0.1) is 17.2 Å². The first kappa shape index (κ1) is 17.4. The van der Waals surface area contributed by atoms with Crippen molar-refractivity contribution in [3.8, 4) is 6.07 Å². The number of likely N-dealkylation sites (tertiary alicyclic amines) is 1. The van der Waals surface area contributed by atoms with E-state index >= 15 is 0 Å². The minimum absolute atomic E-state index is 0.101. The van der Waals surface area contributed by atoms with E-state index in [0.29, 0.717) is 31.5 Å². The van der Waals surface area contributed by atoms with Crippen molar-refractivity contribution in [2.45, 2.75) is 44.0 Å². The van der Waals surface area contributed by atoms with Gasteiger partial charge in [0, 0.05) is 31.5 Å². The number of nitrogens with one attached hydrogen (secondary N) is 1. The monoisotopic (exact) mass is 342 g/mol. The number of nitrogens with zero attached hydrogens (tertiary/aromatic N) is 2. The molecule has 1 aliphatic carbocycles. The Morgan fingerprint density at radius 3 is 2.72 bits per heavy atom. The summed E-state index contributed by atoms with van der Waals surface area (Å²) in [6.07, 6.45) is 0.730. The molecule has 0 radical (unpaired) electrons. The van der Waals surface area contributed by atoms with Crippen LogP contribution in [0.4, 0.5) is 0 Å². The van der Waals surface area contributed by atoms with Crippen LogP contribution in [0.2, 0.25) is 0 Å². The number of amides is 2. The lowest BCUT2D eigenvalue weighted by Crippen LogP contribution is -2.53. The second-order valence-corrected chi connectivity index (χ2v) is 6.81. The number of rotatable bonds is 5. The predicted octanol–water partition coefficient (Wildman–Crippen LogP) is -0.126. The van der Waals surface area contributed by atoms with E-state index in [0.717, 1.165) is 5.56 Å². The van der Waals surface area contributed by atoms with Crippen LogP contribution in [-0.4, -0.2) is 46.6 Å². The van der Waals surface area contributed by atoms with Crippen molar-refractivity contribution in [1.82, 2.24) is 10.2 Å². The molecule has 0 aromatic heterocycles. The Morgan fingerprint density at radius 1 is 1.40 bits per heavy atom. The van der Waals surface area contributed by atoms with Crippen molar-refractivity contribution >= 4 is 11.8 Å². The average molecular weight is 342 g/mol. The SMILES string of the molecule is N#Cc1ccc(CN2CCC(NC(=O)C[C@H]3[C@H](N)C[C@@H]3O)C2=O)cc1. The van der Waals surface area contributed by atoms with Crippen LogP contribution in [0.1, 0.15) is 30.4 Å². The number of aliphatic hydroxyl groups excluding tert-OH is 1. The van der Waals surface area contributed by atoms with Crippen molar-refractivity contribution in [2.75, 3.05) is 6.54 Å². The minimum atomic E-state index is -0.520. The number of nitriles is 1. The molecule has 7 nitrogen and oxygen atoms in total. The van der Waals surface area contributed by atoms with Crippen LogP contribution in [0.15, 0.2) is 24.3 Å². The Balaban J connectivity index is 1.51. The lowest BCUT2D eigenvalue weighted by Gasteiger charge is -2.38. The third-order valence-electron chi connectivity index (χ3n) is 5.07. The van der Waals surface area contributed by atoms with Crippen molar-refractivity contribution in [2.24, 2.45) is 11.7 Å². The highest BCUT2D eigenvalue weighted by Gasteiger charge is 2.39. The highest BCUT2D eigenvalue weighted by Crippen LogP contribution is 2.29. The fourth-order valence-electron chi connectivity index (χ4n) is 3.41. The first-order valence-corrected chi connectivity index (χ1v) is 8.48. The molecule has 3 rings (SSSR count). The third kappa shape index (κ3) is 3.81. The largest absolute Gasteiger partial charge is 0.393 e. The van der Waals surface area contributed by atoms with Gasteiger partial charge in [-0.2, -0.15) is 5.26 Å². The Labute approximate surface area is 146 Å². The molecule has 1 unspecified atom stereocenters. The third-order valence-corrected chi connectivity index (χ3v) is 5.07. The number of carbonyl (C=O) groups is 2. The normalized spacial score (nSPS) is 28.4. The van der Waals surface area contributed by atoms with E-state index in [1.165, 1.54) is 0 Å². The van der Waals surface area contributed by atoms with Gasteiger partial charge in [-0.05, 0) is 30.5 Å². The van der Waals surface area contributed by atoms with Gasteiger partial charge in [0.25, 0.3) is 0 Å². The van der Waals surface area contributed by atoms with E-state index < -0.39 is 12.1 Å². The van der Waals surface area contributed by atoms with Gasteiger partial charge in [-0.1, -0.05) is 12.1 Å². The van der Waals surface area contributed by atoms with Crippen LogP contribution < -0.4 is 11.1 Å². The quantitative estimate of drug-likeness (QED) is 0.689. The smallest absolute Gasteiger partial charge is 0.245 e. The fourth-order valence-corrected chi connectivity index (χ4v) is 3.41. The van der Waals surface area contributed by atoms with Gasteiger partial charge < -0.3 is 21.1 Å². The summed E-state index contributed by atoms with van der Waals surface area (Å²) < 4.78 is 0. The summed E-state index contributed by atoms with van der Waals surface area (Å²) in [5, 5.41) is 21.2. The van der Waals surface area contributed by atoms with E-state index in [1.807, 2.05) is 12.1 Å². The van der Waals surface area contributed by atoms with Crippen molar-refractivity contribution in [1.29, 1.82) is 5.26 Å². The van der Waals surface area contributed by atoms with E-state index in [2.05, 4.69) is 11.4 Å². The maximum atomic E-state index is 12.5. The molecule has 2 aliphatic rings.